The summed E-state index contributed by atoms with van der Waals surface area (Å²) in [5, 5.41) is 15.6. The van der Waals surface area contributed by atoms with E-state index in [1.54, 1.807) is 18.7 Å². The lowest BCUT2D eigenvalue weighted by Gasteiger charge is -2.36. The van der Waals surface area contributed by atoms with Gasteiger partial charge in [-0.25, -0.2) is 14.4 Å². The van der Waals surface area contributed by atoms with Crippen molar-refractivity contribution in [2.45, 2.75) is 6.42 Å². The first-order valence-electron chi connectivity index (χ1n) is 12.0. The molecular formula is C25H32N6O7. The van der Waals surface area contributed by atoms with Crippen LogP contribution in [0.1, 0.15) is 6.42 Å². The van der Waals surface area contributed by atoms with Crippen molar-refractivity contribution in [3.8, 4) is 6.01 Å². The number of ether oxygens (including phenoxy) is 1. The summed E-state index contributed by atoms with van der Waals surface area (Å²) in [6, 6.07) is 10.9. The fourth-order valence-corrected chi connectivity index (χ4v) is 4.09. The van der Waals surface area contributed by atoms with Gasteiger partial charge >= 0.3 is 17.6 Å². The minimum Gasteiger partial charge on any atom is -0.478 e. The number of hydrogen-bond donors (Lipinski definition) is 2. The van der Waals surface area contributed by atoms with Gasteiger partial charge in [0.1, 0.15) is 0 Å². The van der Waals surface area contributed by atoms with Crippen molar-refractivity contribution < 1.29 is 24.5 Å². The van der Waals surface area contributed by atoms with Gasteiger partial charge in [0.25, 0.3) is 11.6 Å². The first-order valence-corrected chi connectivity index (χ1v) is 12.0. The number of anilines is 1. The van der Waals surface area contributed by atoms with Crippen LogP contribution in [-0.4, -0.2) is 85.1 Å². The molecule has 3 heterocycles. The van der Waals surface area contributed by atoms with E-state index in [0.717, 1.165) is 43.7 Å². The number of carboxylic acids is 2. The van der Waals surface area contributed by atoms with Crippen LogP contribution in [0.3, 0.4) is 0 Å². The van der Waals surface area contributed by atoms with Crippen LogP contribution in [0.2, 0.25) is 0 Å². The minimum atomic E-state index is -1.26. The highest BCUT2D eigenvalue weighted by atomic mass is 16.5. The number of rotatable bonds is 8. The van der Waals surface area contributed by atoms with Gasteiger partial charge in [-0.1, -0.05) is 18.2 Å². The SMILES string of the molecule is Cn1c(=O)c2c(nc(OCCCN3CCN(c4ccccc4)CC3)n2C)n(C)c1=O.O=C(O)C=CC(=O)O. The zero-order valence-corrected chi connectivity index (χ0v) is 21.6. The number of aryl methyl sites for hydroxylation is 2. The number of hydrogen-bond acceptors (Lipinski definition) is 8. The number of benzene rings is 1. The molecule has 0 bridgehead atoms. The molecule has 0 atom stereocenters. The molecule has 0 radical (unpaired) electrons. The number of carbonyl (C=O) groups is 2. The van der Waals surface area contributed by atoms with E-state index in [1.807, 2.05) is 6.07 Å². The molecule has 0 spiro atoms. The Morgan fingerprint density at radius 2 is 1.53 bits per heavy atom. The van der Waals surface area contributed by atoms with Crippen LogP contribution in [0.4, 0.5) is 5.69 Å². The van der Waals surface area contributed by atoms with E-state index in [2.05, 4.69) is 39.0 Å². The summed E-state index contributed by atoms with van der Waals surface area (Å²) in [7, 11) is 4.81. The number of fused-ring (bicyclic) bond motifs is 1. The molecule has 0 unspecified atom stereocenters. The van der Waals surface area contributed by atoms with Gasteiger partial charge in [0, 0.05) is 71.7 Å². The molecule has 0 amide bonds. The van der Waals surface area contributed by atoms with Gasteiger partial charge < -0.3 is 19.8 Å². The Kier molecular flexibility index (Phi) is 9.44. The second-order valence-corrected chi connectivity index (χ2v) is 8.71. The fraction of sp³-hybridized carbons (Fsp3) is 0.400. The minimum absolute atomic E-state index is 0.345. The molecule has 38 heavy (non-hydrogen) atoms. The predicted molar refractivity (Wildman–Crippen MR) is 141 cm³/mol. The van der Waals surface area contributed by atoms with Crippen LogP contribution in [0.15, 0.2) is 52.1 Å². The molecule has 0 saturated carbocycles. The van der Waals surface area contributed by atoms with Gasteiger partial charge in [0.05, 0.1) is 6.61 Å². The molecule has 204 valence electrons. The van der Waals surface area contributed by atoms with Crippen molar-refractivity contribution in [3.63, 3.8) is 0 Å². The Morgan fingerprint density at radius 3 is 2.11 bits per heavy atom. The molecule has 13 nitrogen and oxygen atoms in total. The molecule has 1 aliphatic rings. The quantitative estimate of drug-likeness (QED) is 0.308. The van der Waals surface area contributed by atoms with Crippen molar-refractivity contribution in [2.24, 2.45) is 21.1 Å². The Bertz CT molecular complexity index is 1400. The second kappa shape index (κ2) is 12.7. The van der Waals surface area contributed by atoms with Gasteiger partial charge in [-0.3, -0.25) is 23.4 Å². The van der Waals surface area contributed by atoms with Crippen molar-refractivity contribution in [3.05, 3.63) is 63.3 Å². The average Bonchev–Trinajstić information content (AvgIpc) is 3.24. The molecule has 1 aliphatic heterocycles. The van der Waals surface area contributed by atoms with Crippen molar-refractivity contribution >= 4 is 28.8 Å². The molecule has 4 rings (SSSR count). The van der Waals surface area contributed by atoms with E-state index >= 15 is 0 Å². The van der Waals surface area contributed by atoms with Gasteiger partial charge in [-0.15, -0.1) is 0 Å². The summed E-state index contributed by atoms with van der Waals surface area (Å²) >= 11 is 0. The van der Waals surface area contributed by atoms with Crippen LogP contribution in [0.5, 0.6) is 6.01 Å². The fourth-order valence-electron chi connectivity index (χ4n) is 4.09. The normalized spacial score (nSPS) is 13.9. The Morgan fingerprint density at radius 1 is 0.921 bits per heavy atom. The maximum Gasteiger partial charge on any atom is 0.332 e. The molecule has 13 heteroatoms. The van der Waals surface area contributed by atoms with E-state index in [9.17, 15) is 19.2 Å². The lowest BCUT2D eigenvalue weighted by Crippen LogP contribution is -2.46. The van der Waals surface area contributed by atoms with E-state index in [0.29, 0.717) is 35.9 Å². The summed E-state index contributed by atoms with van der Waals surface area (Å²) in [5.41, 5.74) is 1.23. The monoisotopic (exact) mass is 528 g/mol. The molecule has 2 N–H and O–H groups in total. The number of imidazole rings is 1. The van der Waals surface area contributed by atoms with Gasteiger partial charge in [0.2, 0.25) is 0 Å². The van der Waals surface area contributed by atoms with Crippen LogP contribution in [-0.2, 0) is 30.7 Å². The summed E-state index contributed by atoms with van der Waals surface area (Å²) in [5.74, 6) is -2.51. The van der Waals surface area contributed by atoms with E-state index < -0.39 is 17.6 Å². The highest BCUT2D eigenvalue weighted by molar-refractivity contribution is 5.89. The summed E-state index contributed by atoms with van der Waals surface area (Å²) < 4.78 is 9.92. The predicted octanol–water partition coefficient (Wildman–Crippen LogP) is 0.274. The molecule has 2 aromatic heterocycles. The summed E-state index contributed by atoms with van der Waals surface area (Å²) in [6.45, 7) is 5.55. The zero-order valence-electron chi connectivity index (χ0n) is 21.6. The Hall–Kier alpha value is -4.39. The topological polar surface area (TPSA) is 152 Å². The molecular weight excluding hydrogens is 496 g/mol. The lowest BCUT2D eigenvalue weighted by molar-refractivity contribution is -0.134. The van der Waals surface area contributed by atoms with Gasteiger partial charge in [-0.05, 0) is 18.6 Å². The maximum absolute atomic E-state index is 12.4. The number of nitrogens with zero attached hydrogens (tertiary/aromatic N) is 6. The Labute approximate surface area is 218 Å². The second-order valence-electron chi connectivity index (χ2n) is 8.71. The maximum atomic E-state index is 12.4. The molecule has 0 aliphatic carbocycles. The number of piperazine rings is 1. The van der Waals surface area contributed by atoms with Gasteiger partial charge in [0.15, 0.2) is 11.2 Å². The summed E-state index contributed by atoms with van der Waals surface area (Å²) in [4.78, 5) is 52.9. The molecule has 3 aromatic rings. The Balaban J connectivity index is 0.000000436. The average molecular weight is 529 g/mol. The largest absolute Gasteiger partial charge is 0.478 e. The number of carboxylic acid groups (broad SMARTS) is 2. The van der Waals surface area contributed by atoms with E-state index in [1.165, 1.54) is 17.3 Å². The van der Waals surface area contributed by atoms with Crippen LogP contribution in [0.25, 0.3) is 11.2 Å². The number of aliphatic carboxylic acids is 2. The number of aromatic nitrogens is 4. The standard InChI is InChI=1S/C21H28N6O3.C4H4O4/c1-23-17-18(24(2)21(29)25(3)19(17)28)22-20(23)30-15-7-10-26-11-13-27(14-12-26)16-8-5-4-6-9-16;5-3(6)1-2-4(7)8/h4-6,8-9H,7,10-15H2,1-3H3;1-2H,(H,5,6)(H,7,8). The first-order chi connectivity index (χ1) is 18.1. The third kappa shape index (κ3) is 6.88. The summed E-state index contributed by atoms with van der Waals surface area (Å²) in [6.07, 6.45) is 1.98. The first kappa shape index (κ1) is 28.2. The van der Waals surface area contributed by atoms with Crippen LogP contribution >= 0.6 is 0 Å². The smallest absolute Gasteiger partial charge is 0.332 e. The molecule has 1 aromatic carbocycles. The highest BCUT2D eigenvalue weighted by Gasteiger charge is 2.19. The molecule has 1 saturated heterocycles. The van der Waals surface area contributed by atoms with Crippen LogP contribution < -0.4 is 20.9 Å². The lowest BCUT2D eigenvalue weighted by atomic mass is 10.2. The molecule has 1 fully saturated rings. The highest BCUT2D eigenvalue weighted by Crippen LogP contribution is 2.17. The van der Waals surface area contributed by atoms with Crippen molar-refractivity contribution in [1.29, 1.82) is 0 Å². The van der Waals surface area contributed by atoms with E-state index in [4.69, 9.17) is 14.9 Å². The zero-order chi connectivity index (χ0) is 27.8. The third-order valence-corrected chi connectivity index (χ3v) is 6.15. The van der Waals surface area contributed by atoms with Crippen molar-refractivity contribution in [1.82, 2.24) is 23.6 Å². The van der Waals surface area contributed by atoms with Gasteiger partial charge in [-0.2, -0.15) is 4.98 Å². The van der Waals surface area contributed by atoms with Crippen molar-refractivity contribution in [2.75, 3.05) is 44.2 Å². The van der Waals surface area contributed by atoms with E-state index in [-0.39, 0.29) is 5.56 Å². The van der Waals surface area contributed by atoms with Crippen LogP contribution in [0, 0.1) is 0 Å². The number of para-hydroxylation sites is 1. The third-order valence-electron chi connectivity index (χ3n) is 6.15.